The van der Waals surface area contributed by atoms with Crippen LogP contribution in [0, 0.1) is 0 Å². The lowest BCUT2D eigenvalue weighted by Gasteiger charge is -2.19. The summed E-state index contributed by atoms with van der Waals surface area (Å²) >= 11 is 0. The van der Waals surface area contributed by atoms with Crippen molar-refractivity contribution in [2.75, 3.05) is 6.54 Å². The van der Waals surface area contributed by atoms with Crippen molar-refractivity contribution in [2.45, 2.75) is 25.0 Å². The Bertz CT molecular complexity index is 515. The van der Waals surface area contributed by atoms with Crippen LogP contribution in [0.2, 0.25) is 0 Å². The molecular formula is C14H16N2O. The van der Waals surface area contributed by atoms with Crippen molar-refractivity contribution in [3.63, 3.8) is 0 Å². The smallest absolute Gasteiger partial charge is 0.0963 e. The molecule has 1 fully saturated rings. The first-order valence-electron chi connectivity index (χ1n) is 6.11. The third-order valence-corrected chi connectivity index (χ3v) is 3.46. The number of pyridine rings is 1. The fourth-order valence-electron chi connectivity index (χ4n) is 2.56. The molecule has 0 spiro atoms. The van der Waals surface area contributed by atoms with Crippen molar-refractivity contribution in [3.8, 4) is 0 Å². The third kappa shape index (κ3) is 1.92. The summed E-state index contributed by atoms with van der Waals surface area (Å²) < 4.78 is 0. The largest absolute Gasteiger partial charge is 0.387 e. The molecule has 1 aliphatic heterocycles. The van der Waals surface area contributed by atoms with E-state index in [0.717, 1.165) is 35.9 Å². The Morgan fingerprint density at radius 3 is 3.00 bits per heavy atom. The Labute approximate surface area is 100 Å². The van der Waals surface area contributed by atoms with Crippen LogP contribution in [0.3, 0.4) is 0 Å². The van der Waals surface area contributed by atoms with Gasteiger partial charge in [-0.2, -0.15) is 0 Å². The highest BCUT2D eigenvalue weighted by molar-refractivity contribution is 5.81. The van der Waals surface area contributed by atoms with Gasteiger partial charge in [0, 0.05) is 23.2 Å². The topological polar surface area (TPSA) is 45.2 Å². The minimum Gasteiger partial charge on any atom is -0.387 e. The van der Waals surface area contributed by atoms with Crippen LogP contribution in [-0.2, 0) is 0 Å². The molecule has 0 saturated carbocycles. The monoisotopic (exact) mass is 228 g/mol. The van der Waals surface area contributed by atoms with Crippen molar-refractivity contribution in [3.05, 3.63) is 42.1 Å². The van der Waals surface area contributed by atoms with Crippen LogP contribution in [0.4, 0.5) is 0 Å². The molecule has 0 aliphatic carbocycles. The minimum atomic E-state index is -0.462. The molecule has 3 heteroatoms. The number of aliphatic hydroxyl groups excluding tert-OH is 1. The molecule has 0 radical (unpaired) electrons. The van der Waals surface area contributed by atoms with E-state index in [1.54, 1.807) is 6.20 Å². The van der Waals surface area contributed by atoms with Gasteiger partial charge in [-0.15, -0.1) is 0 Å². The van der Waals surface area contributed by atoms with Crippen LogP contribution in [-0.4, -0.2) is 22.7 Å². The van der Waals surface area contributed by atoms with Gasteiger partial charge in [0.25, 0.3) is 0 Å². The van der Waals surface area contributed by atoms with E-state index in [9.17, 15) is 5.11 Å². The van der Waals surface area contributed by atoms with Crippen LogP contribution >= 0.6 is 0 Å². The van der Waals surface area contributed by atoms with E-state index in [0.29, 0.717) is 0 Å². The van der Waals surface area contributed by atoms with Gasteiger partial charge in [-0.3, -0.25) is 4.98 Å². The zero-order valence-electron chi connectivity index (χ0n) is 9.63. The van der Waals surface area contributed by atoms with Gasteiger partial charge in [0.2, 0.25) is 0 Å². The fourth-order valence-corrected chi connectivity index (χ4v) is 2.56. The number of para-hydroxylation sites is 1. The Kier molecular flexibility index (Phi) is 2.79. The maximum atomic E-state index is 10.4. The third-order valence-electron chi connectivity index (χ3n) is 3.46. The Hall–Kier alpha value is -1.45. The van der Waals surface area contributed by atoms with Gasteiger partial charge < -0.3 is 10.4 Å². The molecule has 2 atom stereocenters. The van der Waals surface area contributed by atoms with Gasteiger partial charge in [-0.25, -0.2) is 0 Å². The fraction of sp³-hybridized carbons (Fsp3) is 0.357. The lowest BCUT2D eigenvalue weighted by molar-refractivity contribution is 0.139. The van der Waals surface area contributed by atoms with E-state index in [-0.39, 0.29) is 6.04 Å². The number of rotatable bonds is 2. The Balaban J connectivity index is 2.04. The SMILES string of the molecule is OC(c1cccc2cccnc12)C1CCCN1. The lowest BCUT2D eigenvalue weighted by Crippen LogP contribution is -2.28. The normalized spacial score (nSPS) is 21.8. The first-order chi connectivity index (χ1) is 8.36. The number of aromatic nitrogens is 1. The molecule has 2 aromatic rings. The second-order valence-electron chi connectivity index (χ2n) is 4.57. The molecule has 17 heavy (non-hydrogen) atoms. The van der Waals surface area contributed by atoms with E-state index >= 15 is 0 Å². The predicted octanol–water partition coefficient (Wildman–Crippen LogP) is 2.02. The molecule has 1 aromatic carbocycles. The number of benzene rings is 1. The highest BCUT2D eigenvalue weighted by Crippen LogP contribution is 2.27. The number of nitrogens with zero attached hydrogens (tertiary/aromatic N) is 1. The molecule has 3 rings (SSSR count). The summed E-state index contributed by atoms with van der Waals surface area (Å²) in [5, 5.41) is 14.8. The van der Waals surface area contributed by atoms with Crippen LogP contribution in [0.15, 0.2) is 36.5 Å². The average molecular weight is 228 g/mol. The molecule has 2 heterocycles. The highest BCUT2D eigenvalue weighted by Gasteiger charge is 2.25. The van der Waals surface area contributed by atoms with Crippen molar-refractivity contribution in [1.82, 2.24) is 10.3 Å². The zero-order chi connectivity index (χ0) is 11.7. The second kappa shape index (κ2) is 4.43. The van der Waals surface area contributed by atoms with E-state index in [2.05, 4.69) is 10.3 Å². The van der Waals surface area contributed by atoms with E-state index in [1.807, 2.05) is 30.3 Å². The van der Waals surface area contributed by atoms with Crippen molar-refractivity contribution < 1.29 is 5.11 Å². The first kappa shape index (κ1) is 10.7. The predicted molar refractivity (Wildman–Crippen MR) is 67.7 cm³/mol. The zero-order valence-corrected chi connectivity index (χ0v) is 9.63. The molecular weight excluding hydrogens is 212 g/mol. The number of hydrogen-bond donors (Lipinski definition) is 2. The van der Waals surface area contributed by atoms with Gasteiger partial charge in [0.05, 0.1) is 11.6 Å². The van der Waals surface area contributed by atoms with Gasteiger partial charge in [-0.05, 0) is 25.5 Å². The quantitative estimate of drug-likeness (QED) is 0.826. The highest BCUT2D eigenvalue weighted by atomic mass is 16.3. The van der Waals surface area contributed by atoms with Crippen LogP contribution in [0.25, 0.3) is 10.9 Å². The summed E-state index contributed by atoms with van der Waals surface area (Å²) in [7, 11) is 0. The number of nitrogens with one attached hydrogen (secondary N) is 1. The molecule has 1 saturated heterocycles. The Morgan fingerprint density at radius 2 is 2.18 bits per heavy atom. The van der Waals surface area contributed by atoms with Crippen LogP contribution in [0.5, 0.6) is 0 Å². The maximum Gasteiger partial charge on any atom is 0.0963 e. The average Bonchev–Trinajstić information content (AvgIpc) is 2.91. The molecule has 0 amide bonds. The molecule has 1 aromatic heterocycles. The minimum absolute atomic E-state index is 0.169. The summed E-state index contributed by atoms with van der Waals surface area (Å²) in [5.74, 6) is 0. The molecule has 1 aliphatic rings. The van der Waals surface area contributed by atoms with Crippen LogP contribution in [0.1, 0.15) is 24.5 Å². The number of fused-ring (bicyclic) bond motifs is 1. The summed E-state index contributed by atoms with van der Waals surface area (Å²) in [6.45, 7) is 1.000. The maximum absolute atomic E-state index is 10.4. The summed E-state index contributed by atoms with van der Waals surface area (Å²) in [5.41, 5.74) is 1.85. The standard InChI is InChI=1S/C14H16N2O/c17-14(12-7-3-8-15-12)11-6-1-4-10-5-2-9-16-13(10)11/h1-2,4-6,9,12,14-15,17H,3,7-8H2. The summed E-state index contributed by atoms with van der Waals surface area (Å²) in [4.78, 5) is 4.39. The van der Waals surface area contributed by atoms with Crippen LogP contribution < -0.4 is 5.32 Å². The van der Waals surface area contributed by atoms with Crippen molar-refractivity contribution in [2.24, 2.45) is 0 Å². The Morgan fingerprint density at radius 1 is 1.29 bits per heavy atom. The molecule has 0 bridgehead atoms. The number of hydrogen-bond acceptors (Lipinski definition) is 3. The molecule has 88 valence electrons. The van der Waals surface area contributed by atoms with Gasteiger partial charge in [0.1, 0.15) is 0 Å². The van der Waals surface area contributed by atoms with Gasteiger partial charge >= 0.3 is 0 Å². The van der Waals surface area contributed by atoms with E-state index in [4.69, 9.17) is 0 Å². The molecule has 2 N–H and O–H groups in total. The molecule has 2 unspecified atom stereocenters. The molecule has 3 nitrogen and oxygen atoms in total. The van der Waals surface area contributed by atoms with E-state index in [1.165, 1.54) is 0 Å². The van der Waals surface area contributed by atoms with Crippen molar-refractivity contribution in [1.29, 1.82) is 0 Å². The van der Waals surface area contributed by atoms with Gasteiger partial charge in [-0.1, -0.05) is 24.3 Å². The van der Waals surface area contributed by atoms with E-state index < -0.39 is 6.10 Å². The second-order valence-corrected chi connectivity index (χ2v) is 4.57. The number of aliphatic hydroxyl groups is 1. The lowest BCUT2D eigenvalue weighted by atomic mass is 9.98. The van der Waals surface area contributed by atoms with Gasteiger partial charge in [0.15, 0.2) is 0 Å². The van der Waals surface area contributed by atoms with Crippen molar-refractivity contribution >= 4 is 10.9 Å². The summed E-state index contributed by atoms with van der Waals surface area (Å²) in [6.07, 6.45) is 3.49. The first-order valence-corrected chi connectivity index (χ1v) is 6.11. The summed E-state index contributed by atoms with van der Waals surface area (Å²) in [6, 6.07) is 10.1.